The number of halogens is 1. The van der Waals surface area contributed by atoms with E-state index in [1.165, 1.54) is 0 Å². The molecule has 0 radical (unpaired) electrons. The quantitative estimate of drug-likeness (QED) is 0.634. The number of rotatable bonds is 5. The summed E-state index contributed by atoms with van der Waals surface area (Å²) < 4.78 is 6.23. The second-order valence-corrected chi connectivity index (χ2v) is 3.53. The summed E-state index contributed by atoms with van der Waals surface area (Å²) in [6.07, 6.45) is 8.63. The van der Waals surface area contributed by atoms with Gasteiger partial charge in [0.25, 0.3) is 0 Å². The average molecular weight is 242 g/mol. The first kappa shape index (κ1) is 10.4. The van der Waals surface area contributed by atoms with Gasteiger partial charge in [-0.2, -0.15) is 0 Å². The van der Waals surface area contributed by atoms with Crippen LogP contribution in [0.3, 0.4) is 0 Å². The Morgan fingerprint density at radius 1 is 1.62 bits per heavy atom. The van der Waals surface area contributed by atoms with Crippen LogP contribution in [0, 0.1) is 12.3 Å². The van der Waals surface area contributed by atoms with Gasteiger partial charge in [0.2, 0.25) is 0 Å². The molecule has 3 heteroatoms. The Morgan fingerprint density at radius 2 is 2.46 bits per heavy atom. The number of terminal acetylenes is 1. The first-order valence-corrected chi connectivity index (χ1v) is 5.00. The van der Waals surface area contributed by atoms with Crippen molar-refractivity contribution in [2.75, 3.05) is 6.54 Å². The maximum atomic E-state index is 5.22. The normalized spacial score (nSPS) is 9.85. The second kappa shape index (κ2) is 5.85. The van der Waals surface area contributed by atoms with E-state index in [4.69, 9.17) is 10.8 Å². The van der Waals surface area contributed by atoms with E-state index in [0.29, 0.717) is 0 Å². The van der Waals surface area contributed by atoms with Crippen molar-refractivity contribution >= 4 is 15.9 Å². The molecule has 0 unspecified atom stereocenters. The van der Waals surface area contributed by atoms with Gasteiger partial charge in [-0.1, -0.05) is 0 Å². The lowest BCUT2D eigenvalue weighted by molar-refractivity contribution is 0.479. The highest BCUT2D eigenvalue weighted by Crippen LogP contribution is 2.16. The number of hydrogen-bond acceptors (Lipinski definition) is 2. The van der Waals surface area contributed by atoms with Gasteiger partial charge < -0.3 is 9.73 Å². The van der Waals surface area contributed by atoms with Crippen molar-refractivity contribution < 1.29 is 4.42 Å². The molecule has 0 saturated carbocycles. The Bertz CT molecular complexity index is 287. The van der Waals surface area contributed by atoms with Crippen LogP contribution in [0.2, 0.25) is 0 Å². The van der Waals surface area contributed by atoms with Crippen LogP contribution in [-0.4, -0.2) is 6.54 Å². The van der Waals surface area contributed by atoms with Crippen LogP contribution in [0.5, 0.6) is 0 Å². The van der Waals surface area contributed by atoms with Gasteiger partial charge in [0.1, 0.15) is 5.76 Å². The van der Waals surface area contributed by atoms with Crippen LogP contribution in [0.15, 0.2) is 21.2 Å². The van der Waals surface area contributed by atoms with Crippen molar-refractivity contribution in [3.8, 4) is 12.3 Å². The topological polar surface area (TPSA) is 25.2 Å². The van der Waals surface area contributed by atoms with E-state index >= 15 is 0 Å². The maximum Gasteiger partial charge on any atom is 0.131 e. The molecule has 0 spiro atoms. The highest BCUT2D eigenvalue weighted by molar-refractivity contribution is 9.10. The summed E-state index contributed by atoms with van der Waals surface area (Å²) in [5.41, 5.74) is 0. The first-order valence-electron chi connectivity index (χ1n) is 4.20. The molecule has 0 saturated heterocycles. The molecule has 13 heavy (non-hydrogen) atoms. The summed E-state index contributed by atoms with van der Waals surface area (Å²) in [5.74, 6) is 3.53. The molecule has 2 nitrogen and oxygen atoms in total. The summed E-state index contributed by atoms with van der Waals surface area (Å²) in [7, 11) is 0. The van der Waals surface area contributed by atoms with Crippen molar-refractivity contribution in [3.63, 3.8) is 0 Å². The summed E-state index contributed by atoms with van der Waals surface area (Å²) in [5, 5.41) is 3.24. The van der Waals surface area contributed by atoms with E-state index in [9.17, 15) is 0 Å². The maximum absolute atomic E-state index is 5.22. The largest absolute Gasteiger partial charge is 0.467 e. The van der Waals surface area contributed by atoms with Crippen LogP contribution in [0.25, 0.3) is 0 Å². The molecule has 1 heterocycles. The molecule has 0 aliphatic rings. The molecule has 0 bridgehead atoms. The van der Waals surface area contributed by atoms with Gasteiger partial charge in [0.05, 0.1) is 17.3 Å². The van der Waals surface area contributed by atoms with E-state index < -0.39 is 0 Å². The smallest absolute Gasteiger partial charge is 0.131 e. The molecule has 1 rings (SSSR count). The van der Waals surface area contributed by atoms with Gasteiger partial charge in [-0.15, -0.1) is 12.3 Å². The predicted octanol–water partition coefficient (Wildman–Crippen LogP) is 2.55. The third-order valence-corrected chi connectivity index (χ3v) is 2.36. The molecular formula is C10H12BrNO. The van der Waals surface area contributed by atoms with Crippen LogP contribution in [0.4, 0.5) is 0 Å². The molecule has 0 amide bonds. The lowest BCUT2D eigenvalue weighted by Gasteiger charge is -2.00. The van der Waals surface area contributed by atoms with Crippen LogP contribution >= 0.6 is 15.9 Å². The Morgan fingerprint density at radius 3 is 3.08 bits per heavy atom. The Labute approximate surface area is 86.8 Å². The van der Waals surface area contributed by atoms with E-state index in [2.05, 4.69) is 27.2 Å². The van der Waals surface area contributed by atoms with Crippen molar-refractivity contribution in [2.45, 2.75) is 19.4 Å². The minimum atomic E-state index is 0.748. The molecule has 0 aliphatic carbocycles. The fraction of sp³-hybridized carbons (Fsp3) is 0.400. The molecule has 0 aromatic carbocycles. The third kappa shape index (κ3) is 3.67. The standard InChI is InChI=1S/C10H12BrNO/c1-2-3-4-6-12-8-10-9(11)5-7-13-10/h1,5,7,12H,3-4,6,8H2. The second-order valence-electron chi connectivity index (χ2n) is 2.68. The number of unbranched alkanes of at least 4 members (excludes halogenated alkanes) is 1. The van der Waals surface area contributed by atoms with Gasteiger partial charge >= 0.3 is 0 Å². The predicted molar refractivity (Wildman–Crippen MR) is 56.2 cm³/mol. The molecule has 0 atom stereocenters. The van der Waals surface area contributed by atoms with Crippen molar-refractivity contribution in [3.05, 3.63) is 22.6 Å². The third-order valence-electron chi connectivity index (χ3n) is 1.65. The lowest BCUT2D eigenvalue weighted by atomic mass is 10.3. The van der Waals surface area contributed by atoms with Crippen LogP contribution < -0.4 is 5.32 Å². The van der Waals surface area contributed by atoms with Gasteiger partial charge in [0, 0.05) is 6.42 Å². The van der Waals surface area contributed by atoms with Gasteiger partial charge in [-0.05, 0) is 35.0 Å². The van der Waals surface area contributed by atoms with Crippen LogP contribution in [0.1, 0.15) is 18.6 Å². The van der Waals surface area contributed by atoms with Crippen molar-refractivity contribution in [2.24, 2.45) is 0 Å². The Kier molecular flexibility index (Phi) is 4.66. The molecule has 70 valence electrons. The van der Waals surface area contributed by atoms with E-state index in [1.807, 2.05) is 6.07 Å². The molecule has 1 aromatic heterocycles. The van der Waals surface area contributed by atoms with Crippen molar-refractivity contribution in [1.82, 2.24) is 5.32 Å². The average Bonchev–Trinajstić information content (AvgIpc) is 2.52. The van der Waals surface area contributed by atoms with Crippen molar-refractivity contribution in [1.29, 1.82) is 0 Å². The number of furan rings is 1. The highest BCUT2D eigenvalue weighted by atomic mass is 79.9. The lowest BCUT2D eigenvalue weighted by Crippen LogP contribution is -2.14. The monoisotopic (exact) mass is 241 g/mol. The molecule has 1 aromatic rings. The summed E-state index contributed by atoms with van der Waals surface area (Å²) >= 11 is 3.38. The SMILES string of the molecule is C#CCCCNCc1occc1Br. The van der Waals surface area contributed by atoms with Gasteiger partial charge in [-0.3, -0.25) is 0 Å². The van der Waals surface area contributed by atoms with Crippen LogP contribution in [-0.2, 0) is 6.54 Å². The zero-order chi connectivity index (χ0) is 9.52. The Balaban J connectivity index is 2.14. The molecular weight excluding hydrogens is 230 g/mol. The minimum Gasteiger partial charge on any atom is -0.467 e. The number of nitrogens with one attached hydrogen (secondary N) is 1. The highest BCUT2D eigenvalue weighted by Gasteiger charge is 2.00. The van der Waals surface area contributed by atoms with Gasteiger partial charge in [0.15, 0.2) is 0 Å². The summed E-state index contributed by atoms with van der Waals surface area (Å²) in [6.45, 7) is 1.68. The van der Waals surface area contributed by atoms with E-state index in [-0.39, 0.29) is 0 Å². The Hall–Kier alpha value is -0.720. The summed E-state index contributed by atoms with van der Waals surface area (Å²) in [4.78, 5) is 0. The minimum absolute atomic E-state index is 0.748. The molecule has 0 aliphatic heterocycles. The fourth-order valence-corrected chi connectivity index (χ4v) is 1.31. The molecule has 0 fully saturated rings. The number of hydrogen-bond donors (Lipinski definition) is 1. The zero-order valence-corrected chi connectivity index (χ0v) is 8.93. The van der Waals surface area contributed by atoms with E-state index in [0.717, 1.165) is 36.2 Å². The van der Waals surface area contributed by atoms with Gasteiger partial charge in [-0.25, -0.2) is 0 Å². The zero-order valence-electron chi connectivity index (χ0n) is 7.35. The molecule has 1 N–H and O–H groups in total. The fourth-order valence-electron chi connectivity index (χ4n) is 0.969. The van der Waals surface area contributed by atoms with E-state index in [1.54, 1.807) is 6.26 Å². The summed E-state index contributed by atoms with van der Waals surface area (Å²) in [6, 6.07) is 1.89. The first-order chi connectivity index (χ1) is 6.34.